The van der Waals surface area contributed by atoms with Gasteiger partial charge in [-0.15, -0.1) is 10.2 Å². The van der Waals surface area contributed by atoms with Gasteiger partial charge < -0.3 is 18.8 Å². The lowest BCUT2D eigenvalue weighted by atomic mass is 9.95. The summed E-state index contributed by atoms with van der Waals surface area (Å²) in [6, 6.07) is 15.9. The summed E-state index contributed by atoms with van der Waals surface area (Å²) in [6.07, 6.45) is 1.59. The molecule has 0 unspecified atom stereocenters. The van der Waals surface area contributed by atoms with Crippen LogP contribution in [0.25, 0.3) is 17.5 Å². The number of rotatable bonds is 11. The summed E-state index contributed by atoms with van der Waals surface area (Å²) in [5.74, 6) is 0.905. The molecule has 13 nitrogen and oxygen atoms in total. The Balaban J connectivity index is 1.52. The lowest BCUT2D eigenvalue weighted by molar-refractivity contribution is -0.384. The van der Waals surface area contributed by atoms with Gasteiger partial charge in [0.1, 0.15) is 17.5 Å². The van der Waals surface area contributed by atoms with E-state index >= 15 is 0 Å². The zero-order valence-electron chi connectivity index (χ0n) is 28.1. The topological polar surface area (TPSA) is 153 Å². The summed E-state index contributed by atoms with van der Waals surface area (Å²) in [6.45, 7) is 5.99. The number of carbonyl (C=O) groups excluding carboxylic acids is 1. The minimum atomic E-state index is -0.949. The minimum absolute atomic E-state index is 0.117. The molecule has 0 radical (unpaired) electrons. The minimum Gasteiger partial charge on any atom is -0.497 e. The van der Waals surface area contributed by atoms with Gasteiger partial charge in [0.15, 0.2) is 15.8 Å². The smallest absolute Gasteiger partial charge is 0.338 e. The van der Waals surface area contributed by atoms with Crippen LogP contribution >= 0.6 is 34.7 Å². The molecule has 2 aromatic heterocycles. The Morgan fingerprint density at radius 3 is 2.59 bits per heavy atom. The van der Waals surface area contributed by atoms with E-state index in [9.17, 15) is 19.7 Å². The molecule has 0 saturated carbocycles. The number of methoxy groups -OCH3 is 2. The third-order valence-corrected chi connectivity index (χ3v) is 10.4. The number of ether oxygens (including phenoxy) is 3. The number of thiazole rings is 1. The molecule has 0 N–H and O–H groups in total. The first-order valence-electron chi connectivity index (χ1n) is 15.6. The number of nitro benzene ring substituents is 1. The Morgan fingerprint density at radius 1 is 1.10 bits per heavy atom. The molecule has 0 amide bonds. The Labute approximate surface area is 304 Å². The van der Waals surface area contributed by atoms with Crippen LogP contribution in [0.4, 0.5) is 5.69 Å². The van der Waals surface area contributed by atoms with E-state index in [1.54, 1.807) is 56.3 Å². The molecule has 3 heterocycles. The molecule has 0 fully saturated rings. The monoisotopic (exact) mass is 746 g/mol. The summed E-state index contributed by atoms with van der Waals surface area (Å²) in [4.78, 5) is 44.8. The maximum atomic E-state index is 14.4. The first-order valence-corrected chi connectivity index (χ1v) is 17.7. The molecule has 1 aliphatic heterocycles. The van der Waals surface area contributed by atoms with Gasteiger partial charge in [-0.3, -0.25) is 19.5 Å². The molecule has 6 rings (SSSR count). The van der Waals surface area contributed by atoms with Gasteiger partial charge in [0, 0.05) is 45.8 Å². The van der Waals surface area contributed by atoms with Crippen molar-refractivity contribution in [1.29, 1.82) is 0 Å². The van der Waals surface area contributed by atoms with Crippen molar-refractivity contribution in [1.82, 2.24) is 19.3 Å². The van der Waals surface area contributed by atoms with Crippen LogP contribution in [-0.2, 0) is 16.1 Å². The Morgan fingerprint density at radius 2 is 1.90 bits per heavy atom. The highest BCUT2D eigenvalue weighted by Gasteiger charge is 2.35. The second-order valence-corrected chi connectivity index (χ2v) is 13.5. The first-order chi connectivity index (χ1) is 24.6. The van der Waals surface area contributed by atoms with Gasteiger partial charge in [0.25, 0.3) is 11.2 Å². The van der Waals surface area contributed by atoms with Gasteiger partial charge in [-0.25, -0.2) is 9.79 Å². The van der Waals surface area contributed by atoms with Crippen molar-refractivity contribution in [2.75, 3.05) is 20.8 Å². The lowest BCUT2D eigenvalue weighted by Crippen LogP contribution is -2.40. The maximum absolute atomic E-state index is 14.4. The number of allylic oxidation sites excluding steroid dienone is 1. The maximum Gasteiger partial charge on any atom is 0.338 e. The Kier molecular flexibility index (Phi) is 10.4. The van der Waals surface area contributed by atoms with Crippen LogP contribution in [0.3, 0.4) is 0 Å². The summed E-state index contributed by atoms with van der Waals surface area (Å²) in [5.41, 5.74) is 1.66. The number of fused-ring (bicyclic) bond motifs is 1. The van der Waals surface area contributed by atoms with Crippen molar-refractivity contribution >= 4 is 52.4 Å². The lowest BCUT2D eigenvalue weighted by Gasteiger charge is -2.26. The van der Waals surface area contributed by atoms with Crippen LogP contribution in [0, 0.1) is 10.1 Å². The molecular formula is C35H31ClN6O7S2. The zero-order valence-corrected chi connectivity index (χ0v) is 30.5. The van der Waals surface area contributed by atoms with Gasteiger partial charge >= 0.3 is 5.97 Å². The van der Waals surface area contributed by atoms with Crippen LogP contribution in [0.5, 0.6) is 11.5 Å². The summed E-state index contributed by atoms with van der Waals surface area (Å²) in [5, 5.41) is 21.8. The van der Waals surface area contributed by atoms with Crippen molar-refractivity contribution in [2.45, 2.75) is 43.4 Å². The predicted molar refractivity (Wildman–Crippen MR) is 193 cm³/mol. The molecule has 5 aromatic rings. The molecule has 0 spiro atoms. The van der Waals surface area contributed by atoms with Crippen molar-refractivity contribution in [2.24, 2.45) is 4.99 Å². The number of hydrogen-bond donors (Lipinski definition) is 0. The second-order valence-electron chi connectivity index (χ2n) is 11.1. The molecule has 0 bridgehead atoms. The molecule has 16 heteroatoms. The summed E-state index contributed by atoms with van der Waals surface area (Å²) < 4.78 is 20.1. The highest BCUT2D eigenvalue weighted by atomic mass is 35.5. The van der Waals surface area contributed by atoms with Crippen LogP contribution in [0.2, 0.25) is 5.02 Å². The quantitative estimate of drug-likeness (QED) is 0.0920. The van der Waals surface area contributed by atoms with Gasteiger partial charge in [0.2, 0.25) is 0 Å². The van der Waals surface area contributed by atoms with Gasteiger partial charge in [-0.05, 0) is 74.5 Å². The number of hydrogen-bond acceptors (Lipinski definition) is 12. The van der Waals surface area contributed by atoms with Crippen molar-refractivity contribution in [3.05, 3.63) is 118 Å². The van der Waals surface area contributed by atoms with Gasteiger partial charge in [-0.2, -0.15) is 0 Å². The molecule has 262 valence electrons. The van der Waals surface area contributed by atoms with Gasteiger partial charge in [0.05, 0.1) is 41.6 Å². The molecule has 51 heavy (non-hydrogen) atoms. The van der Waals surface area contributed by atoms with E-state index in [4.69, 9.17) is 25.8 Å². The second kappa shape index (κ2) is 14.9. The van der Waals surface area contributed by atoms with E-state index in [1.165, 1.54) is 42.7 Å². The number of nitrogens with zero attached hydrogens (tertiary/aromatic N) is 6. The van der Waals surface area contributed by atoms with Crippen LogP contribution in [-0.4, -0.2) is 51.1 Å². The molecule has 0 saturated heterocycles. The third kappa shape index (κ3) is 6.92. The van der Waals surface area contributed by atoms with Crippen molar-refractivity contribution in [3.8, 4) is 22.9 Å². The predicted octanol–water partition coefficient (Wildman–Crippen LogP) is 5.81. The highest BCUT2D eigenvalue weighted by molar-refractivity contribution is 7.99. The zero-order chi connectivity index (χ0) is 36.4. The first kappa shape index (κ1) is 35.6. The molecule has 3 aromatic carbocycles. The fraction of sp³-hybridized carbons (Fsp3) is 0.229. The van der Waals surface area contributed by atoms with Crippen molar-refractivity contribution < 1.29 is 23.9 Å². The fourth-order valence-corrected chi connectivity index (χ4v) is 7.92. The SMILES string of the molecule is CCOC(=O)C1=C(C)N=c2s/c(=C/c3cc([N+](=O)[O-])ccc3Sc3nnc(-c4cccc(Cl)c4)n3CC)c(=O)n2[C@H]1c1ccc(OC)cc1OC. The van der Waals surface area contributed by atoms with Crippen LogP contribution in [0.15, 0.2) is 91.8 Å². The third-order valence-electron chi connectivity index (χ3n) is 8.06. The number of carbonyl (C=O) groups is 1. The number of halogens is 1. The molecule has 1 aliphatic rings. The Hall–Kier alpha value is -5.25. The van der Waals surface area contributed by atoms with Crippen molar-refractivity contribution in [3.63, 3.8) is 0 Å². The normalized spacial score (nSPS) is 14.2. The highest BCUT2D eigenvalue weighted by Crippen LogP contribution is 2.38. The molecular weight excluding hydrogens is 716 g/mol. The van der Waals surface area contributed by atoms with E-state index < -0.39 is 22.5 Å². The fourth-order valence-electron chi connectivity index (χ4n) is 5.72. The average Bonchev–Trinajstić information content (AvgIpc) is 3.67. The van der Waals surface area contributed by atoms with E-state index in [-0.39, 0.29) is 22.4 Å². The van der Waals surface area contributed by atoms with Gasteiger partial charge in [-0.1, -0.05) is 35.1 Å². The molecule has 1 atom stereocenters. The van der Waals surface area contributed by atoms with E-state index in [1.807, 2.05) is 23.6 Å². The van der Waals surface area contributed by atoms with E-state index in [0.717, 1.165) is 16.9 Å². The standard InChI is InChI=1S/C35H31ClN6O7S2/c1-6-40-31(20-9-8-10-22(36)15-20)38-39-35(40)50-27-14-11-23(42(45)46)16-21(27)17-28-32(43)41-30(25-13-12-24(47-4)18-26(25)48-5)29(33(44)49-7-2)19(3)37-34(41)51-28/h8-18,30H,6-7H2,1-5H3/b28-17+/t30-/m0/s1. The van der Waals surface area contributed by atoms with Crippen LogP contribution < -0.4 is 24.4 Å². The number of benzene rings is 3. The number of nitro groups is 1. The Bertz CT molecular complexity index is 2400. The summed E-state index contributed by atoms with van der Waals surface area (Å²) in [7, 11) is 3.01. The number of aromatic nitrogens is 4. The van der Waals surface area contributed by atoms with E-state index in [0.29, 0.717) is 60.6 Å². The number of non-ortho nitro benzene ring substituents is 1. The summed E-state index contributed by atoms with van der Waals surface area (Å²) >= 11 is 8.60. The largest absolute Gasteiger partial charge is 0.497 e. The number of esters is 1. The molecule has 0 aliphatic carbocycles. The van der Waals surface area contributed by atoms with E-state index in [2.05, 4.69) is 15.2 Å². The van der Waals surface area contributed by atoms with Crippen LogP contribution in [0.1, 0.15) is 37.9 Å². The average molecular weight is 747 g/mol.